The predicted molar refractivity (Wildman–Crippen MR) is 88.3 cm³/mol. The van der Waals surface area contributed by atoms with Crippen molar-refractivity contribution in [3.05, 3.63) is 64.7 Å². The van der Waals surface area contributed by atoms with E-state index in [1.54, 1.807) is 30.3 Å². The lowest BCUT2D eigenvalue weighted by molar-refractivity contribution is 0.0599. The van der Waals surface area contributed by atoms with Gasteiger partial charge in [-0.1, -0.05) is 29.8 Å². The highest BCUT2D eigenvalue weighted by Crippen LogP contribution is 2.38. The number of rotatable bonds is 4. The molecule has 126 valence electrons. The van der Waals surface area contributed by atoms with Crippen LogP contribution in [0.4, 0.5) is 0 Å². The number of ether oxygens (including phenoxy) is 1. The molecule has 0 radical (unpaired) electrons. The van der Waals surface area contributed by atoms with E-state index in [4.69, 9.17) is 8.92 Å². The number of hydrogen-bond donors (Lipinski definition) is 0. The summed E-state index contributed by atoms with van der Waals surface area (Å²) in [7, 11) is -2.53. The first kappa shape index (κ1) is 16.7. The molecule has 1 unspecified atom stereocenters. The van der Waals surface area contributed by atoms with Gasteiger partial charge in [0.25, 0.3) is 10.1 Å². The van der Waals surface area contributed by atoms with Crippen molar-refractivity contribution in [1.82, 2.24) is 0 Å². The molecule has 0 amide bonds. The fraction of sp³-hybridized carbons (Fsp3) is 0.278. The Labute approximate surface area is 141 Å². The molecule has 0 N–H and O–H groups in total. The lowest BCUT2D eigenvalue weighted by atomic mass is 10.0. The molecular formula is C18H18O5S. The van der Waals surface area contributed by atoms with Gasteiger partial charge in [0.15, 0.2) is 0 Å². The van der Waals surface area contributed by atoms with Gasteiger partial charge in [-0.25, -0.2) is 4.79 Å². The van der Waals surface area contributed by atoms with Gasteiger partial charge >= 0.3 is 5.97 Å². The SMILES string of the molecule is COC(=O)c1cccc2c1CCC2OS(=O)(=O)c1ccc(C)cc1. The van der Waals surface area contributed by atoms with E-state index in [9.17, 15) is 13.2 Å². The zero-order chi connectivity index (χ0) is 17.3. The lowest BCUT2D eigenvalue weighted by Gasteiger charge is -2.14. The zero-order valence-electron chi connectivity index (χ0n) is 13.5. The maximum atomic E-state index is 12.5. The van der Waals surface area contributed by atoms with Crippen molar-refractivity contribution in [2.75, 3.05) is 7.11 Å². The van der Waals surface area contributed by atoms with Gasteiger partial charge in [0, 0.05) is 0 Å². The van der Waals surface area contributed by atoms with E-state index in [-0.39, 0.29) is 4.90 Å². The van der Waals surface area contributed by atoms with Crippen molar-refractivity contribution < 1.29 is 22.1 Å². The number of carbonyl (C=O) groups is 1. The third kappa shape index (κ3) is 3.07. The van der Waals surface area contributed by atoms with Gasteiger partial charge < -0.3 is 4.74 Å². The Morgan fingerprint density at radius 3 is 2.50 bits per heavy atom. The van der Waals surface area contributed by atoms with Crippen LogP contribution in [0.15, 0.2) is 47.4 Å². The second kappa shape index (κ2) is 6.37. The highest BCUT2D eigenvalue weighted by molar-refractivity contribution is 7.86. The summed E-state index contributed by atoms with van der Waals surface area (Å²) in [5.41, 5.74) is 2.97. The minimum Gasteiger partial charge on any atom is -0.465 e. The summed E-state index contributed by atoms with van der Waals surface area (Å²) in [6, 6.07) is 11.7. The van der Waals surface area contributed by atoms with Crippen molar-refractivity contribution in [2.24, 2.45) is 0 Å². The van der Waals surface area contributed by atoms with E-state index >= 15 is 0 Å². The largest absolute Gasteiger partial charge is 0.465 e. The molecule has 1 atom stereocenters. The first-order valence-corrected chi connectivity index (χ1v) is 9.03. The summed E-state index contributed by atoms with van der Waals surface area (Å²) < 4.78 is 35.2. The molecule has 24 heavy (non-hydrogen) atoms. The van der Waals surface area contributed by atoms with Crippen LogP contribution in [0.1, 0.15) is 39.6 Å². The normalized spacial score (nSPS) is 16.7. The summed E-state index contributed by atoms with van der Waals surface area (Å²) in [6.45, 7) is 1.89. The Morgan fingerprint density at radius 1 is 1.12 bits per heavy atom. The predicted octanol–water partition coefficient (Wildman–Crippen LogP) is 3.17. The summed E-state index contributed by atoms with van der Waals surface area (Å²) in [5, 5.41) is 0. The maximum absolute atomic E-state index is 12.5. The number of fused-ring (bicyclic) bond motifs is 1. The Bertz CT molecular complexity index is 869. The topological polar surface area (TPSA) is 69.7 Å². The van der Waals surface area contributed by atoms with E-state index in [0.717, 1.165) is 16.7 Å². The minimum absolute atomic E-state index is 0.130. The Balaban J connectivity index is 1.90. The van der Waals surface area contributed by atoms with Crippen LogP contribution in [0.5, 0.6) is 0 Å². The average molecular weight is 346 g/mol. The van der Waals surface area contributed by atoms with Crippen LogP contribution >= 0.6 is 0 Å². The molecule has 2 aromatic carbocycles. The van der Waals surface area contributed by atoms with Gasteiger partial charge in [-0.3, -0.25) is 4.18 Å². The number of carbonyl (C=O) groups excluding carboxylic acids is 1. The van der Waals surface area contributed by atoms with Crippen molar-refractivity contribution in [2.45, 2.75) is 30.8 Å². The monoisotopic (exact) mass is 346 g/mol. The molecule has 0 spiro atoms. The number of aryl methyl sites for hydroxylation is 1. The van der Waals surface area contributed by atoms with Gasteiger partial charge in [0.05, 0.1) is 17.6 Å². The molecule has 0 aliphatic heterocycles. The van der Waals surface area contributed by atoms with Crippen LogP contribution in [0.25, 0.3) is 0 Å². The highest BCUT2D eigenvalue weighted by Gasteiger charge is 2.31. The smallest absolute Gasteiger partial charge is 0.338 e. The van der Waals surface area contributed by atoms with Gasteiger partial charge in [-0.15, -0.1) is 0 Å². The molecule has 0 heterocycles. The second-order valence-electron chi connectivity index (χ2n) is 5.76. The second-order valence-corrected chi connectivity index (χ2v) is 7.33. The number of benzene rings is 2. The number of esters is 1. The molecule has 2 aromatic rings. The van der Waals surface area contributed by atoms with Gasteiger partial charge in [0.2, 0.25) is 0 Å². The van der Waals surface area contributed by atoms with Crippen LogP contribution in [0.2, 0.25) is 0 Å². The standard InChI is InChI=1S/C18H18O5S/c1-12-6-8-13(9-7-12)24(20,21)23-17-11-10-14-15(17)4-3-5-16(14)18(19)22-2/h3-9,17H,10-11H2,1-2H3. The molecule has 6 heteroatoms. The Kier molecular flexibility index (Phi) is 4.43. The maximum Gasteiger partial charge on any atom is 0.338 e. The molecular weight excluding hydrogens is 328 g/mol. The summed E-state index contributed by atoms with van der Waals surface area (Å²) in [5.74, 6) is -0.422. The summed E-state index contributed by atoms with van der Waals surface area (Å²) >= 11 is 0. The number of hydrogen-bond acceptors (Lipinski definition) is 5. The summed E-state index contributed by atoms with van der Waals surface area (Å²) in [4.78, 5) is 12.0. The third-order valence-corrected chi connectivity index (χ3v) is 5.51. The van der Waals surface area contributed by atoms with Crippen LogP contribution in [-0.4, -0.2) is 21.5 Å². The van der Waals surface area contributed by atoms with Crippen LogP contribution in [0, 0.1) is 6.92 Å². The highest BCUT2D eigenvalue weighted by atomic mass is 32.2. The third-order valence-electron chi connectivity index (χ3n) is 4.17. The van der Waals surface area contributed by atoms with Crippen molar-refractivity contribution >= 4 is 16.1 Å². The van der Waals surface area contributed by atoms with Crippen LogP contribution < -0.4 is 0 Å². The first-order chi connectivity index (χ1) is 11.4. The fourth-order valence-corrected chi connectivity index (χ4v) is 4.02. The molecule has 3 rings (SSSR count). The van der Waals surface area contributed by atoms with Gasteiger partial charge in [0.1, 0.15) is 6.10 Å². The lowest BCUT2D eigenvalue weighted by Crippen LogP contribution is -2.11. The first-order valence-electron chi connectivity index (χ1n) is 7.62. The fourth-order valence-electron chi connectivity index (χ4n) is 2.93. The van der Waals surface area contributed by atoms with Gasteiger partial charge in [-0.05, 0) is 49.1 Å². The number of methoxy groups -OCH3 is 1. The Hall–Kier alpha value is -2.18. The summed E-state index contributed by atoms with van der Waals surface area (Å²) in [6.07, 6.45) is 0.499. The Morgan fingerprint density at radius 2 is 1.83 bits per heavy atom. The molecule has 0 fully saturated rings. The average Bonchev–Trinajstić information content (AvgIpc) is 2.97. The molecule has 5 nitrogen and oxygen atoms in total. The van der Waals surface area contributed by atoms with Crippen molar-refractivity contribution in [3.8, 4) is 0 Å². The molecule has 1 aliphatic rings. The van der Waals surface area contributed by atoms with E-state index in [2.05, 4.69) is 0 Å². The molecule has 0 saturated heterocycles. The van der Waals surface area contributed by atoms with E-state index in [1.165, 1.54) is 19.2 Å². The molecule has 0 bridgehead atoms. The van der Waals surface area contributed by atoms with Crippen LogP contribution in [0.3, 0.4) is 0 Å². The minimum atomic E-state index is -3.86. The molecule has 0 saturated carbocycles. The van der Waals surface area contributed by atoms with E-state index in [0.29, 0.717) is 18.4 Å². The molecule has 1 aliphatic carbocycles. The van der Waals surface area contributed by atoms with E-state index in [1.807, 2.05) is 6.92 Å². The van der Waals surface area contributed by atoms with Crippen molar-refractivity contribution in [3.63, 3.8) is 0 Å². The van der Waals surface area contributed by atoms with Crippen molar-refractivity contribution in [1.29, 1.82) is 0 Å². The van der Waals surface area contributed by atoms with Crippen LogP contribution in [-0.2, 0) is 25.5 Å². The zero-order valence-corrected chi connectivity index (χ0v) is 14.3. The van der Waals surface area contributed by atoms with E-state index < -0.39 is 22.2 Å². The quantitative estimate of drug-likeness (QED) is 0.628. The van der Waals surface area contributed by atoms with Gasteiger partial charge in [-0.2, -0.15) is 8.42 Å². The molecule has 0 aromatic heterocycles.